The molecular formula is C32H35NO6S. The summed E-state index contributed by atoms with van der Waals surface area (Å²) in [5.74, 6) is 0.125. The maximum Gasteiger partial charge on any atom is 0.415 e. The second-order valence-electron chi connectivity index (χ2n) is 10.2. The van der Waals surface area contributed by atoms with Gasteiger partial charge in [0.1, 0.15) is 11.5 Å². The van der Waals surface area contributed by atoms with Gasteiger partial charge in [-0.2, -0.15) is 0 Å². The summed E-state index contributed by atoms with van der Waals surface area (Å²) in [6.07, 6.45) is 2.12. The lowest BCUT2D eigenvalue weighted by Crippen LogP contribution is -2.39. The number of carbonyl (C=O) groups is 3. The van der Waals surface area contributed by atoms with Crippen molar-refractivity contribution in [3.05, 3.63) is 90.0 Å². The zero-order valence-electron chi connectivity index (χ0n) is 23.3. The molecule has 1 heterocycles. The summed E-state index contributed by atoms with van der Waals surface area (Å²) in [6, 6.07) is 24.0. The summed E-state index contributed by atoms with van der Waals surface area (Å²) in [5, 5.41) is 0. The van der Waals surface area contributed by atoms with E-state index in [4.69, 9.17) is 14.2 Å². The van der Waals surface area contributed by atoms with Gasteiger partial charge >= 0.3 is 12.1 Å². The van der Waals surface area contributed by atoms with Crippen LogP contribution in [-0.2, 0) is 16.0 Å². The fourth-order valence-electron chi connectivity index (χ4n) is 4.79. The molecule has 0 spiro atoms. The molecule has 2 atom stereocenters. The monoisotopic (exact) mass is 561 g/mol. The summed E-state index contributed by atoms with van der Waals surface area (Å²) >= 11 is 1.62. The SMILES string of the molecule is CCOC(=O)C(C)(C)Oc1ccc(C[C@H]2CN(C(=O)Oc3ccccc3)C[C@@H]2C(=O)c2ccc(SC)cc2)cc1. The molecule has 4 rings (SSSR count). The van der Waals surface area contributed by atoms with Crippen molar-refractivity contribution in [1.82, 2.24) is 4.90 Å². The molecule has 0 bridgehead atoms. The highest BCUT2D eigenvalue weighted by Crippen LogP contribution is 2.32. The number of Topliss-reactive ketones (excluding diaryl/α,β-unsaturated/α-hetero) is 1. The van der Waals surface area contributed by atoms with Gasteiger partial charge in [-0.25, -0.2) is 9.59 Å². The highest BCUT2D eigenvalue weighted by Gasteiger charge is 2.40. The third-order valence-corrected chi connectivity index (χ3v) is 7.66. The van der Waals surface area contributed by atoms with Crippen LogP contribution >= 0.6 is 11.8 Å². The van der Waals surface area contributed by atoms with Crippen LogP contribution in [0.2, 0.25) is 0 Å². The Kier molecular flexibility index (Phi) is 9.53. The van der Waals surface area contributed by atoms with Crippen molar-refractivity contribution in [2.45, 2.75) is 37.7 Å². The molecule has 0 N–H and O–H groups in total. The van der Waals surface area contributed by atoms with E-state index in [9.17, 15) is 14.4 Å². The Morgan fingerprint density at radius 2 is 1.57 bits per heavy atom. The van der Waals surface area contributed by atoms with E-state index in [1.54, 1.807) is 61.7 Å². The number of amides is 1. The first-order chi connectivity index (χ1) is 19.2. The standard InChI is InChI=1S/C32H35NO6S/c1-5-37-30(35)32(2,3)39-26-15-11-22(12-16-26)19-24-20-33(31(36)38-25-9-7-6-8-10-25)21-28(24)29(34)23-13-17-27(40-4)18-14-23/h6-18,24,28H,5,19-21H2,1-4H3/t24-,28-/m0/s1. The van der Waals surface area contributed by atoms with Gasteiger partial charge in [0.05, 0.1) is 6.61 Å². The summed E-state index contributed by atoms with van der Waals surface area (Å²) in [5.41, 5.74) is 0.516. The Morgan fingerprint density at radius 1 is 0.900 bits per heavy atom. The van der Waals surface area contributed by atoms with Gasteiger partial charge in [0.25, 0.3) is 0 Å². The normalized spacial score (nSPS) is 16.9. The molecule has 0 aromatic heterocycles. The average molecular weight is 562 g/mol. The number of hydrogen-bond donors (Lipinski definition) is 0. The topological polar surface area (TPSA) is 82.1 Å². The van der Waals surface area contributed by atoms with Crippen molar-refractivity contribution in [3.8, 4) is 11.5 Å². The zero-order valence-corrected chi connectivity index (χ0v) is 24.1. The molecule has 1 amide bonds. The minimum absolute atomic E-state index is 0.0174. The van der Waals surface area contributed by atoms with Crippen LogP contribution in [0.1, 0.15) is 36.7 Å². The summed E-state index contributed by atoms with van der Waals surface area (Å²) in [4.78, 5) is 41.6. The number of ether oxygens (including phenoxy) is 3. The minimum atomic E-state index is -1.12. The fourth-order valence-corrected chi connectivity index (χ4v) is 5.19. The smallest absolute Gasteiger partial charge is 0.415 e. The van der Waals surface area contributed by atoms with Crippen molar-refractivity contribution in [3.63, 3.8) is 0 Å². The second kappa shape index (κ2) is 13.0. The molecule has 0 unspecified atom stereocenters. The van der Waals surface area contributed by atoms with Gasteiger partial charge in [-0.15, -0.1) is 11.8 Å². The van der Waals surface area contributed by atoms with E-state index >= 15 is 0 Å². The molecule has 1 aliphatic heterocycles. The van der Waals surface area contributed by atoms with E-state index in [2.05, 4.69) is 0 Å². The molecule has 1 saturated heterocycles. The predicted molar refractivity (Wildman–Crippen MR) is 155 cm³/mol. The zero-order chi connectivity index (χ0) is 28.7. The Balaban J connectivity index is 1.50. The number of carbonyl (C=O) groups excluding carboxylic acids is 3. The molecule has 210 valence electrons. The van der Waals surface area contributed by atoms with E-state index in [1.807, 2.05) is 60.9 Å². The Hall–Kier alpha value is -3.78. The molecule has 7 nitrogen and oxygen atoms in total. The summed E-state index contributed by atoms with van der Waals surface area (Å²) in [7, 11) is 0. The number of rotatable bonds is 10. The highest BCUT2D eigenvalue weighted by atomic mass is 32.2. The van der Waals surface area contributed by atoms with Crippen LogP contribution in [0.25, 0.3) is 0 Å². The number of esters is 1. The lowest BCUT2D eigenvalue weighted by atomic mass is 9.84. The van der Waals surface area contributed by atoms with Crippen LogP contribution < -0.4 is 9.47 Å². The van der Waals surface area contributed by atoms with Crippen molar-refractivity contribution < 1.29 is 28.6 Å². The molecule has 8 heteroatoms. The van der Waals surface area contributed by atoms with Gasteiger partial charge in [-0.1, -0.05) is 42.5 Å². The van der Waals surface area contributed by atoms with Gasteiger partial charge in [-0.05, 0) is 81.3 Å². The third kappa shape index (κ3) is 7.24. The maximum absolute atomic E-state index is 13.7. The predicted octanol–water partition coefficient (Wildman–Crippen LogP) is 6.30. The van der Waals surface area contributed by atoms with Gasteiger partial charge in [0.2, 0.25) is 0 Å². The van der Waals surface area contributed by atoms with Gasteiger partial charge in [0.15, 0.2) is 11.4 Å². The number of likely N-dealkylation sites (tertiary alicyclic amines) is 1. The number of benzene rings is 3. The Labute approximate surface area is 239 Å². The summed E-state index contributed by atoms with van der Waals surface area (Å²) in [6.45, 7) is 6.06. The lowest BCUT2D eigenvalue weighted by molar-refractivity contribution is -0.158. The number of ketones is 1. The molecule has 0 aliphatic carbocycles. The molecule has 0 saturated carbocycles. The first kappa shape index (κ1) is 29.2. The molecular weight excluding hydrogens is 526 g/mol. The first-order valence-corrected chi connectivity index (χ1v) is 14.6. The van der Waals surface area contributed by atoms with E-state index < -0.39 is 17.7 Å². The van der Waals surface area contributed by atoms with E-state index in [0.29, 0.717) is 30.0 Å². The number of hydrogen-bond acceptors (Lipinski definition) is 7. The van der Waals surface area contributed by atoms with Crippen LogP contribution in [-0.4, -0.2) is 54.3 Å². The summed E-state index contributed by atoms with van der Waals surface area (Å²) < 4.78 is 16.6. The van der Waals surface area contributed by atoms with Crippen LogP contribution in [0.3, 0.4) is 0 Å². The minimum Gasteiger partial charge on any atom is -0.476 e. The Morgan fingerprint density at radius 3 is 2.20 bits per heavy atom. The van der Waals surface area contributed by atoms with E-state index in [1.165, 1.54) is 0 Å². The maximum atomic E-state index is 13.7. The van der Waals surface area contributed by atoms with Crippen LogP contribution in [0.5, 0.6) is 11.5 Å². The van der Waals surface area contributed by atoms with Crippen molar-refractivity contribution in [1.29, 1.82) is 0 Å². The first-order valence-electron chi connectivity index (χ1n) is 13.4. The second-order valence-corrected chi connectivity index (χ2v) is 11.1. The van der Waals surface area contributed by atoms with Crippen LogP contribution in [0.4, 0.5) is 4.79 Å². The molecule has 1 fully saturated rings. The van der Waals surface area contributed by atoms with Crippen molar-refractivity contribution in [2.24, 2.45) is 11.8 Å². The number of thioether (sulfide) groups is 1. The van der Waals surface area contributed by atoms with Crippen LogP contribution in [0, 0.1) is 11.8 Å². The third-order valence-electron chi connectivity index (χ3n) is 6.92. The lowest BCUT2D eigenvalue weighted by Gasteiger charge is -2.24. The number of para-hydroxylation sites is 1. The molecule has 40 heavy (non-hydrogen) atoms. The largest absolute Gasteiger partial charge is 0.476 e. The average Bonchev–Trinajstić information content (AvgIpc) is 3.38. The molecule has 1 aliphatic rings. The van der Waals surface area contributed by atoms with Gasteiger partial charge in [0, 0.05) is 29.5 Å². The molecule has 3 aromatic rings. The Bertz CT molecular complexity index is 1310. The van der Waals surface area contributed by atoms with Crippen molar-refractivity contribution in [2.75, 3.05) is 26.0 Å². The van der Waals surface area contributed by atoms with E-state index in [0.717, 1.165) is 10.5 Å². The van der Waals surface area contributed by atoms with E-state index in [-0.39, 0.29) is 30.8 Å². The number of nitrogens with zero attached hydrogens (tertiary/aromatic N) is 1. The highest BCUT2D eigenvalue weighted by molar-refractivity contribution is 7.98. The van der Waals surface area contributed by atoms with Crippen molar-refractivity contribution >= 4 is 29.6 Å². The quantitative estimate of drug-likeness (QED) is 0.163. The van der Waals surface area contributed by atoms with Gasteiger partial charge in [-0.3, -0.25) is 4.79 Å². The molecule has 3 aromatic carbocycles. The van der Waals surface area contributed by atoms with Gasteiger partial charge < -0.3 is 19.1 Å². The fraction of sp³-hybridized carbons (Fsp3) is 0.344. The van der Waals surface area contributed by atoms with Crippen LogP contribution in [0.15, 0.2) is 83.8 Å². The molecule has 0 radical (unpaired) electrons.